The molecule has 0 amide bonds. The fourth-order valence-electron chi connectivity index (χ4n) is 0.581. The Hall–Kier alpha value is -0.790. The summed E-state index contributed by atoms with van der Waals surface area (Å²) >= 11 is 0. The Bertz CT molecular complexity index is 155. The minimum Gasteiger partial charge on any atom is -0.394 e. The van der Waals surface area contributed by atoms with E-state index in [4.69, 9.17) is 5.73 Å². The Labute approximate surface area is 68.6 Å². The summed E-state index contributed by atoms with van der Waals surface area (Å²) in [6, 6.07) is 0. The smallest absolute Gasteiger partial charge is 0.0717 e. The molecule has 0 unspecified atom stereocenters. The second kappa shape index (κ2) is 5.96. The van der Waals surface area contributed by atoms with E-state index in [1.165, 1.54) is 0 Å². The molecule has 0 spiro atoms. The molecule has 0 aromatic rings. The summed E-state index contributed by atoms with van der Waals surface area (Å²) in [5.41, 5.74) is 6.33. The molecule has 3 nitrogen and oxygen atoms in total. The largest absolute Gasteiger partial charge is 0.394 e. The summed E-state index contributed by atoms with van der Waals surface area (Å²) < 4.78 is 0. The second-order valence-electron chi connectivity index (χ2n) is 2.66. The Balaban J connectivity index is 3.68. The average Bonchev–Trinajstić information content (AvgIpc) is 1.97. The maximum Gasteiger partial charge on any atom is 0.0717 e. The summed E-state index contributed by atoms with van der Waals surface area (Å²) in [4.78, 5) is 6.00. The topological polar surface area (TPSA) is 41.6 Å². The van der Waals surface area contributed by atoms with E-state index in [2.05, 4.69) is 15.8 Å². The molecular weight excluding hydrogens is 138 g/mol. The lowest BCUT2D eigenvalue weighted by molar-refractivity contribution is 0.413. The van der Waals surface area contributed by atoms with Crippen molar-refractivity contribution >= 4 is 5.87 Å². The van der Waals surface area contributed by atoms with E-state index in [9.17, 15) is 0 Å². The molecule has 0 radical (unpaired) electrons. The van der Waals surface area contributed by atoms with Crippen LogP contribution in [0.1, 0.15) is 13.3 Å². The predicted molar refractivity (Wildman–Crippen MR) is 48.8 cm³/mol. The lowest BCUT2D eigenvalue weighted by Crippen LogP contribution is -2.15. The highest BCUT2D eigenvalue weighted by Gasteiger charge is 1.91. The summed E-state index contributed by atoms with van der Waals surface area (Å²) in [6.07, 6.45) is 0.844. The fraction of sp³-hybridized carbons (Fsp3) is 0.750. The van der Waals surface area contributed by atoms with Crippen LogP contribution in [0.15, 0.2) is 10.7 Å². The molecule has 0 heterocycles. The van der Waals surface area contributed by atoms with Crippen LogP contribution in [0.3, 0.4) is 0 Å². The Morgan fingerprint density at radius 2 is 2.18 bits per heavy atom. The van der Waals surface area contributed by atoms with Crippen molar-refractivity contribution in [3.05, 3.63) is 5.70 Å². The molecule has 0 rings (SSSR count). The number of nitrogens with two attached hydrogens (primary N) is 1. The molecule has 0 aromatic carbocycles. The molecule has 0 aliphatic rings. The van der Waals surface area contributed by atoms with Crippen molar-refractivity contribution in [3.63, 3.8) is 0 Å². The van der Waals surface area contributed by atoms with Crippen LogP contribution in [0.4, 0.5) is 0 Å². The van der Waals surface area contributed by atoms with Crippen molar-refractivity contribution in [2.24, 2.45) is 10.7 Å². The first-order valence-corrected chi connectivity index (χ1v) is 3.85. The van der Waals surface area contributed by atoms with Crippen LogP contribution in [0.25, 0.3) is 0 Å². The van der Waals surface area contributed by atoms with Gasteiger partial charge in [0.2, 0.25) is 0 Å². The van der Waals surface area contributed by atoms with Crippen LogP contribution >= 0.6 is 0 Å². The first-order chi connectivity index (χ1) is 5.16. The van der Waals surface area contributed by atoms with Crippen LogP contribution in [0, 0.1) is 0 Å². The van der Waals surface area contributed by atoms with Gasteiger partial charge in [0.15, 0.2) is 0 Å². The quantitative estimate of drug-likeness (QED) is 0.600. The van der Waals surface area contributed by atoms with E-state index in [0.29, 0.717) is 0 Å². The third-order valence-electron chi connectivity index (χ3n) is 1.21. The second-order valence-corrected chi connectivity index (χ2v) is 2.66. The van der Waals surface area contributed by atoms with Crippen LogP contribution in [-0.2, 0) is 0 Å². The number of rotatable bonds is 4. The lowest BCUT2D eigenvalue weighted by atomic mass is 10.3. The normalized spacial score (nSPS) is 9.45. The average molecular weight is 155 g/mol. The van der Waals surface area contributed by atoms with Gasteiger partial charge in [-0.05, 0) is 21.0 Å². The maximum atomic E-state index is 5.59. The Kier molecular flexibility index (Phi) is 5.53. The molecule has 3 heteroatoms. The summed E-state index contributed by atoms with van der Waals surface area (Å²) in [7, 11) is 4.04. The molecule has 0 aliphatic carbocycles. The van der Waals surface area contributed by atoms with Gasteiger partial charge in [-0.1, -0.05) is 0 Å². The van der Waals surface area contributed by atoms with Crippen molar-refractivity contribution in [3.8, 4) is 0 Å². The predicted octanol–water partition coefficient (Wildman–Crippen LogP) is 0.470. The maximum absolute atomic E-state index is 5.59. The van der Waals surface area contributed by atoms with Gasteiger partial charge in [-0.15, -0.1) is 0 Å². The first-order valence-electron chi connectivity index (χ1n) is 3.85. The SMILES string of the molecule is CCN=C=C(N)CCN(C)C. The molecule has 0 saturated heterocycles. The van der Waals surface area contributed by atoms with Crippen LogP contribution in [0.5, 0.6) is 0 Å². The van der Waals surface area contributed by atoms with Gasteiger partial charge in [-0.2, -0.15) is 0 Å². The molecule has 0 atom stereocenters. The first kappa shape index (κ1) is 10.2. The molecule has 0 saturated carbocycles. The summed E-state index contributed by atoms with van der Waals surface area (Å²) in [5, 5.41) is 0. The van der Waals surface area contributed by atoms with Gasteiger partial charge in [0.25, 0.3) is 0 Å². The molecule has 2 N–H and O–H groups in total. The van der Waals surface area contributed by atoms with E-state index in [1.54, 1.807) is 0 Å². The molecule has 0 aromatic heterocycles. The molecule has 0 fully saturated rings. The van der Waals surface area contributed by atoms with Gasteiger partial charge < -0.3 is 10.6 Å². The van der Waals surface area contributed by atoms with Crippen molar-refractivity contribution < 1.29 is 0 Å². The number of hydrogen-bond acceptors (Lipinski definition) is 3. The van der Waals surface area contributed by atoms with Gasteiger partial charge in [0.05, 0.1) is 5.70 Å². The third-order valence-corrected chi connectivity index (χ3v) is 1.21. The fourth-order valence-corrected chi connectivity index (χ4v) is 0.581. The van der Waals surface area contributed by atoms with Gasteiger partial charge in [-0.3, -0.25) is 0 Å². The highest BCUT2D eigenvalue weighted by atomic mass is 15.0. The van der Waals surface area contributed by atoms with Crippen LogP contribution in [-0.4, -0.2) is 38.0 Å². The Morgan fingerprint density at radius 1 is 1.55 bits per heavy atom. The van der Waals surface area contributed by atoms with E-state index in [0.717, 1.165) is 25.2 Å². The zero-order chi connectivity index (χ0) is 8.69. The number of hydrogen-bond donors (Lipinski definition) is 1. The van der Waals surface area contributed by atoms with Gasteiger partial charge >= 0.3 is 0 Å². The third kappa shape index (κ3) is 7.10. The Morgan fingerprint density at radius 3 is 2.64 bits per heavy atom. The highest BCUT2D eigenvalue weighted by Crippen LogP contribution is 1.88. The van der Waals surface area contributed by atoms with Crippen LogP contribution < -0.4 is 5.73 Å². The van der Waals surface area contributed by atoms with Gasteiger partial charge in [0, 0.05) is 25.4 Å². The van der Waals surface area contributed by atoms with E-state index in [-0.39, 0.29) is 0 Å². The van der Waals surface area contributed by atoms with Gasteiger partial charge in [0.1, 0.15) is 0 Å². The monoisotopic (exact) mass is 155 g/mol. The van der Waals surface area contributed by atoms with E-state index < -0.39 is 0 Å². The molecule has 0 aliphatic heterocycles. The number of aliphatic imine (C=N–C) groups is 1. The standard InChI is InChI=1S/C8H17N3/c1-4-10-7-8(9)5-6-11(2)3/h4-6,9H2,1-3H3. The summed E-state index contributed by atoms with van der Waals surface area (Å²) in [6.45, 7) is 3.67. The van der Waals surface area contributed by atoms with E-state index in [1.807, 2.05) is 21.0 Å². The van der Waals surface area contributed by atoms with E-state index >= 15 is 0 Å². The molecule has 0 bridgehead atoms. The van der Waals surface area contributed by atoms with Crippen molar-refractivity contribution in [2.45, 2.75) is 13.3 Å². The molecular formula is C8H17N3. The zero-order valence-electron chi connectivity index (χ0n) is 7.59. The summed E-state index contributed by atoms with van der Waals surface area (Å²) in [5.74, 6) is 2.78. The van der Waals surface area contributed by atoms with Crippen LogP contribution in [0.2, 0.25) is 0 Å². The minimum absolute atomic E-state index is 0.737. The highest BCUT2D eigenvalue weighted by molar-refractivity contribution is 5.56. The van der Waals surface area contributed by atoms with Crippen molar-refractivity contribution in [1.82, 2.24) is 4.90 Å². The van der Waals surface area contributed by atoms with Crippen molar-refractivity contribution in [1.29, 1.82) is 0 Å². The minimum atomic E-state index is 0.737. The molecule has 64 valence electrons. The zero-order valence-corrected chi connectivity index (χ0v) is 7.59. The number of nitrogens with zero attached hydrogens (tertiary/aromatic N) is 2. The van der Waals surface area contributed by atoms with Crippen molar-refractivity contribution in [2.75, 3.05) is 27.2 Å². The molecule has 11 heavy (non-hydrogen) atoms. The van der Waals surface area contributed by atoms with Gasteiger partial charge in [-0.25, -0.2) is 4.99 Å². The lowest BCUT2D eigenvalue weighted by Gasteiger charge is -2.06.